The maximum atomic E-state index is 13.7. The van der Waals surface area contributed by atoms with Gasteiger partial charge in [-0.25, -0.2) is 9.36 Å². The molecule has 1 saturated carbocycles. The molecule has 5 aromatic carbocycles. The number of carbonyl (C=O) groups is 2. The lowest BCUT2D eigenvalue weighted by Gasteiger charge is -2.17. The number of pyridine rings is 1. The van der Waals surface area contributed by atoms with Crippen LogP contribution in [0.4, 0.5) is 22.7 Å². The molecule has 0 spiro atoms. The van der Waals surface area contributed by atoms with Crippen molar-refractivity contribution in [2.45, 2.75) is 39.8 Å². The Morgan fingerprint density at radius 1 is 0.645 bits per heavy atom. The standard InChI is InChI=1S/C28H22N4O2.C22H20ClN3O2/c1-19(33)25-26(22-9-3-2-4-10-22)31-32(18-20-14-16-29-17-15-20)28(34)27(25)30-24-13-7-11-21-8-5-6-12-23(21)24;1-14(27)19-20(16-6-3-2-4-7-16)25-26(13-15-10-11-15)22(28)21(19)24-18-9-5-8-17(23)12-18/h2-17,30H,18H2,1H3;2-9,12,15,24H,10-11,13H2,1H3. The van der Waals surface area contributed by atoms with Crippen LogP contribution in [0.5, 0.6) is 0 Å². The molecule has 0 saturated heterocycles. The average molecular weight is 840 g/mol. The van der Waals surface area contributed by atoms with Crippen LogP contribution in [0.1, 0.15) is 53.0 Å². The van der Waals surface area contributed by atoms with Crippen LogP contribution >= 0.6 is 11.6 Å². The van der Waals surface area contributed by atoms with Crippen LogP contribution in [-0.2, 0) is 13.1 Å². The van der Waals surface area contributed by atoms with Crippen molar-refractivity contribution < 1.29 is 9.59 Å². The minimum absolute atomic E-state index is 0.215. The highest BCUT2D eigenvalue weighted by Crippen LogP contribution is 2.33. The predicted octanol–water partition coefficient (Wildman–Crippen LogP) is 10.4. The molecular formula is C50H42ClN7O4. The van der Waals surface area contributed by atoms with Gasteiger partial charge in [0.05, 0.1) is 17.7 Å². The van der Waals surface area contributed by atoms with Gasteiger partial charge in [0, 0.05) is 51.8 Å². The maximum absolute atomic E-state index is 13.7. The van der Waals surface area contributed by atoms with Gasteiger partial charge in [0.1, 0.15) is 22.8 Å². The minimum atomic E-state index is -0.366. The molecule has 0 atom stereocenters. The fourth-order valence-electron chi connectivity index (χ4n) is 7.27. The number of Topliss-reactive ketones (excluding diaryl/α,β-unsaturated/α-hetero) is 2. The third-order valence-corrected chi connectivity index (χ3v) is 10.7. The van der Waals surface area contributed by atoms with Gasteiger partial charge < -0.3 is 10.6 Å². The largest absolute Gasteiger partial charge is 0.350 e. The van der Waals surface area contributed by atoms with Crippen molar-refractivity contribution in [3.05, 3.63) is 194 Å². The van der Waals surface area contributed by atoms with Crippen LogP contribution in [0.3, 0.4) is 0 Å². The number of halogens is 1. The van der Waals surface area contributed by atoms with Crippen LogP contribution in [0.2, 0.25) is 5.02 Å². The van der Waals surface area contributed by atoms with Crippen LogP contribution in [0, 0.1) is 5.92 Å². The van der Waals surface area contributed by atoms with Crippen molar-refractivity contribution >= 4 is 56.7 Å². The third kappa shape index (κ3) is 9.28. The number of nitrogens with one attached hydrogen (secondary N) is 2. The fourth-order valence-corrected chi connectivity index (χ4v) is 7.46. The van der Waals surface area contributed by atoms with Crippen molar-refractivity contribution in [3.63, 3.8) is 0 Å². The van der Waals surface area contributed by atoms with Crippen molar-refractivity contribution in [3.8, 4) is 22.5 Å². The van der Waals surface area contributed by atoms with E-state index >= 15 is 0 Å². The van der Waals surface area contributed by atoms with E-state index in [1.807, 2.05) is 121 Å². The molecule has 3 aromatic heterocycles. The average Bonchev–Trinajstić information content (AvgIpc) is 4.11. The number of hydrogen-bond acceptors (Lipinski definition) is 9. The van der Waals surface area contributed by atoms with Crippen molar-refractivity contribution in [1.82, 2.24) is 24.5 Å². The summed E-state index contributed by atoms with van der Waals surface area (Å²) in [4.78, 5) is 56.4. The summed E-state index contributed by atoms with van der Waals surface area (Å²) in [6, 6.07) is 43.4. The zero-order valence-electron chi connectivity index (χ0n) is 34.1. The van der Waals surface area contributed by atoms with E-state index in [0.29, 0.717) is 40.1 Å². The van der Waals surface area contributed by atoms with Crippen molar-refractivity contribution in [2.75, 3.05) is 10.6 Å². The highest BCUT2D eigenvalue weighted by Gasteiger charge is 2.27. The highest BCUT2D eigenvalue weighted by molar-refractivity contribution is 6.30. The van der Waals surface area contributed by atoms with E-state index in [0.717, 1.165) is 46.0 Å². The van der Waals surface area contributed by atoms with E-state index in [2.05, 4.69) is 25.8 Å². The zero-order chi connectivity index (χ0) is 43.2. The zero-order valence-corrected chi connectivity index (χ0v) is 34.8. The van der Waals surface area contributed by atoms with Gasteiger partial charge in [-0.3, -0.25) is 24.2 Å². The minimum Gasteiger partial charge on any atom is -0.350 e. The third-order valence-electron chi connectivity index (χ3n) is 10.5. The molecule has 9 rings (SSSR count). The SMILES string of the molecule is CC(=O)c1c(-c2ccccc2)nn(CC2CC2)c(=O)c1Nc1cccc(Cl)c1.CC(=O)c1c(-c2ccccc2)nn(Cc2ccncc2)c(=O)c1Nc1cccc2ccccc12. The lowest BCUT2D eigenvalue weighted by molar-refractivity contribution is 0.101. The van der Waals surface area contributed by atoms with Crippen LogP contribution < -0.4 is 21.8 Å². The molecule has 2 N–H and O–H groups in total. The maximum Gasteiger partial charge on any atom is 0.291 e. The monoisotopic (exact) mass is 839 g/mol. The Kier molecular flexibility index (Phi) is 12.2. The second-order valence-electron chi connectivity index (χ2n) is 15.1. The summed E-state index contributed by atoms with van der Waals surface area (Å²) >= 11 is 6.09. The first-order valence-electron chi connectivity index (χ1n) is 20.2. The molecule has 12 heteroatoms. The second kappa shape index (κ2) is 18.4. The summed E-state index contributed by atoms with van der Waals surface area (Å²) in [5.41, 5.74) is 5.18. The summed E-state index contributed by atoms with van der Waals surface area (Å²) in [7, 11) is 0. The van der Waals surface area contributed by atoms with Gasteiger partial charge in [0.2, 0.25) is 0 Å². The van der Waals surface area contributed by atoms with Crippen LogP contribution in [-0.4, -0.2) is 36.1 Å². The molecule has 0 bridgehead atoms. The van der Waals surface area contributed by atoms with Gasteiger partial charge in [-0.1, -0.05) is 115 Å². The molecule has 3 heterocycles. The molecule has 0 radical (unpaired) electrons. The summed E-state index contributed by atoms with van der Waals surface area (Å²) in [6.07, 6.45) is 5.55. The number of benzene rings is 5. The topological polar surface area (TPSA) is 141 Å². The Labute approximate surface area is 362 Å². The molecule has 1 fully saturated rings. The van der Waals surface area contributed by atoms with Gasteiger partial charge in [-0.05, 0) is 80.0 Å². The van der Waals surface area contributed by atoms with E-state index in [4.69, 9.17) is 11.6 Å². The first-order chi connectivity index (χ1) is 30.1. The molecule has 11 nitrogen and oxygen atoms in total. The summed E-state index contributed by atoms with van der Waals surface area (Å²) in [6.45, 7) is 3.73. The molecule has 0 unspecified atom stereocenters. The van der Waals surface area contributed by atoms with Crippen LogP contribution in [0.15, 0.2) is 162 Å². The van der Waals surface area contributed by atoms with E-state index < -0.39 is 0 Å². The number of carbonyl (C=O) groups excluding carboxylic acids is 2. The Balaban J connectivity index is 0.000000174. The number of hydrogen-bond donors (Lipinski definition) is 2. The molecule has 308 valence electrons. The van der Waals surface area contributed by atoms with Gasteiger partial charge >= 0.3 is 0 Å². The molecule has 1 aliphatic rings. The molecule has 0 aliphatic heterocycles. The number of ketones is 2. The number of aromatic nitrogens is 5. The van der Waals surface area contributed by atoms with E-state index in [1.54, 1.807) is 30.6 Å². The second-order valence-corrected chi connectivity index (χ2v) is 15.5. The van der Waals surface area contributed by atoms with Crippen molar-refractivity contribution in [2.24, 2.45) is 5.92 Å². The quantitative estimate of drug-likeness (QED) is 0.115. The predicted molar refractivity (Wildman–Crippen MR) is 246 cm³/mol. The molecule has 0 amide bonds. The Morgan fingerprint density at radius 3 is 1.81 bits per heavy atom. The number of nitrogens with zero attached hydrogens (tertiary/aromatic N) is 5. The molecule has 1 aliphatic carbocycles. The lowest BCUT2D eigenvalue weighted by atomic mass is 10.0. The smallest absolute Gasteiger partial charge is 0.291 e. The van der Waals surface area contributed by atoms with Gasteiger partial charge in [-0.15, -0.1) is 0 Å². The number of anilines is 4. The highest BCUT2D eigenvalue weighted by atomic mass is 35.5. The number of fused-ring (bicyclic) bond motifs is 1. The van der Waals surface area contributed by atoms with Gasteiger partial charge in [-0.2, -0.15) is 10.2 Å². The Hall–Kier alpha value is -7.50. The van der Waals surface area contributed by atoms with E-state index in [-0.39, 0.29) is 46.2 Å². The summed E-state index contributed by atoms with van der Waals surface area (Å²) in [5, 5.41) is 18.2. The normalized spacial score (nSPS) is 12.0. The molecule has 62 heavy (non-hydrogen) atoms. The Morgan fingerprint density at radius 2 is 1.19 bits per heavy atom. The first-order valence-corrected chi connectivity index (χ1v) is 20.6. The molecule has 8 aromatic rings. The summed E-state index contributed by atoms with van der Waals surface area (Å²) in [5.74, 6) is 0.0184. The first kappa shape index (κ1) is 41.2. The van der Waals surface area contributed by atoms with E-state index in [1.165, 1.54) is 23.2 Å². The molecular weight excluding hydrogens is 798 g/mol. The van der Waals surface area contributed by atoms with Crippen LogP contribution in [0.25, 0.3) is 33.3 Å². The Bertz CT molecular complexity index is 3040. The van der Waals surface area contributed by atoms with E-state index in [9.17, 15) is 19.2 Å². The van der Waals surface area contributed by atoms with Gasteiger partial charge in [0.25, 0.3) is 11.1 Å². The van der Waals surface area contributed by atoms with Gasteiger partial charge in [0.15, 0.2) is 11.6 Å². The number of rotatable bonds is 12. The lowest BCUT2D eigenvalue weighted by Crippen LogP contribution is -2.29. The van der Waals surface area contributed by atoms with Crippen molar-refractivity contribution in [1.29, 1.82) is 0 Å². The summed E-state index contributed by atoms with van der Waals surface area (Å²) < 4.78 is 2.89. The fraction of sp³-hybridized carbons (Fsp3) is 0.140.